The molecule has 0 unspecified atom stereocenters. The molecule has 0 aromatic carbocycles. The number of alkyl halides is 1. The third kappa shape index (κ3) is 1.29. The molecular formula is C5H8ClFS. The van der Waals surface area contributed by atoms with Gasteiger partial charge >= 0.3 is 0 Å². The molecule has 0 amide bonds. The third-order valence-electron chi connectivity index (χ3n) is 1.43. The van der Waals surface area contributed by atoms with E-state index < -0.39 is 5.67 Å². The second-order valence-corrected chi connectivity index (χ2v) is 3.91. The number of rotatable bonds is 1. The van der Waals surface area contributed by atoms with Crippen molar-refractivity contribution in [3.63, 3.8) is 0 Å². The summed E-state index contributed by atoms with van der Waals surface area (Å²) in [4.78, 5) is 0. The van der Waals surface area contributed by atoms with E-state index >= 15 is 0 Å². The highest BCUT2D eigenvalue weighted by molar-refractivity contribution is 8.21. The van der Waals surface area contributed by atoms with E-state index in [-0.39, 0.29) is 0 Å². The Labute approximate surface area is 57.3 Å². The zero-order valence-corrected chi connectivity index (χ0v) is 6.23. The average molecular weight is 155 g/mol. The highest BCUT2D eigenvalue weighted by Gasteiger charge is 2.40. The van der Waals surface area contributed by atoms with Gasteiger partial charge < -0.3 is 0 Å². The van der Waals surface area contributed by atoms with Crippen molar-refractivity contribution in [2.75, 3.05) is 0 Å². The van der Waals surface area contributed by atoms with Crippen molar-refractivity contribution in [2.45, 2.75) is 30.7 Å². The van der Waals surface area contributed by atoms with E-state index in [9.17, 15) is 4.39 Å². The second kappa shape index (κ2) is 2.07. The Morgan fingerprint density at radius 1 is 1.75 bits per heavy atom. The standard InChI is InChI=1S/C5H8ClFS/c1-5(7)2-4(3-5)8-6/h4H,2-3H2,1H3. The lowest BCUT2D eigenvalue weighted by Crippen LogP contribution is -2.38. The first-order valence-electron chi connectivity index (χ1n) is 2.60. The van der Waals surface area contributed by atoms with Crippen LogP contribution in [0.3, 0.4) is 0 Å². The first-order valence-corrected chi connectivity index (χ1v) is 4.31. The zero-order valence-electron chi connectivity index (χ0n) is 4.66. The van der Waals surface area contributed by atoms with Gasteiger partial charge in [-0.25, -0.2) is 4.39 Å². The van der Waals surface area contributed by atoms with Crippen LogP contribution in [0.25, 0.3) is 0 Å². The van der Waals surface area contributed by atoms with Crippen LogP contribution in [0.5, 0.6) is 0 Å². The van der Waals surface area contributed by atoms with Crippen molar-refractivity contribution < 1.29 is 4.39 Å². The van der Waals surface area contributed by atoms with Crippen molar-refractivity contribution in [1.82, 2.24) is 0 Å². The summed E-state index contributed by atoms with van der Waals surface area (Å²) in [5.41, 5.74) is -0.910. The smallest absolute Gasteiger partial charge is 0.110 e. The lowest BCUT2D eigenvalue weighted by atomic mass is 9.83. The Morgan fingerprint density at radius 2 is 2.25 bits per heavy atom. The fourth-order valence-electron chi connectivity index (χ4n) is 0.953. The highest BCUT2D eigenvalue weighted by Crippen LogP contribution is 2.43. The Balaban J connectivity index is 2.21. The minimum absolute atomic E-state index is 0.367. The van der Waals surface area contributed by atoms with Crippen molar-refractivity contribution in [2.24, 2.45) is 0 Å². The molecule has 1 saturated carbocycles. The fourth-order valence-corrected chi connectivity index (χ4v) is 2.15. The van der Waals surface area contributed by atoms with Crippen molar-refractivity contribution >= 4 is 21.7 Å². The SMILES string of the molecule is CC1(F)CC(SCl)C1. The molecule has 0 radical (unpaired) electrons. The molecule has 0 atom stereocenters. The lowest BCUT2D eigenvalue weighted by molar-refractivity contribution is 0.0933. The van der Waals surface area contributed by atoms with Crippen LogP contribution in [-0.4, -0.2) is 10.9 Å². The second-order valence-electron chi connectivity index (χ2n) is 2.53. The van der Waals surface area contributed by atoms with Crippen molar-refractivity contribution in [3.8, 4) is 0 Å². The van der Waals surface area contributed by atoms with Gasteiger partial charge in [-0.2, -0.15) is 0 Å². The fraction of sp³-hybridized carbons (Fsp3) is 1.00. The number of halogens is 2. The van der Waals surface area contributed by atoms with Crippen LogP contribution >= 0.6 is 21.7 Å². The first-order chi connectivity index (χ1) is 3.64. The maximum Gasteiger partial charge on any atom is 0.110 e. The van der Waals surface area contributed by atoms with Gasteiger partial charge in [-0.3, -0.25) is 0 Å². The topological polar surface area (TPSA) is 0 Å². The van der Waals surface area contributed by atoms with Gasteiger partial charge in [0.15, 0.2) is 0 Å². The van der Waals surface area contributed by atoms with Crippen LogP contribution in [0.4, 0.5) is 4.39 Å². The van der Waals surface area contributed by atoms with Crippen molar-refractivity contribution in [1.29, 1.82) is 0 Å². The molecule has 0 heterocycles. The minimum atomic E-state index is -0.910. The van der Waals surface area contributed by atoms with Gasteiger partial charge in [-0.1, -0.05) is 11.0 Å². The van der Waals surface area contributed by atoms with Crippen LogP contribution < -0.4 is 0 Å². The quantitative estimate of drug-likeness (QED) is 0.560. The Hall–Kier alpha value is 0.570. The largest absolute Gasteiger partial charge is 0.244 e. The zero-order chi connectivity index (χ0) is 6.20. The lowest BCUT2D eigenvalue weighted by Gasteiger charge is -2.36. The molecule has 0 saturated heterocycles. The summed E-state index contributed by atoms with van der Waals surface area (Å²) in [5.74, 6) is 0. The van der Waals surface area contributed by atoms with Gasteiger partial charge in [0.25, 0.3) is 0 Å². The van der Waals surface area contributed by atoms with Crippen LogP contribution in [0, 0.1) is 0 Å². The number of hydrogen-bond acceptors (Lipinski definition) is 1. The van der Waals surface area contributed by atoms with Crippen molar-refractivity contribution in [3.05, 3.63) is 0 Å². The molecule has 3 heteroatoms. The van der Waals surface area contributed by atoms with Crippen LogP contribution in [0.15, 0.2) is 0 Å². The molecule has 0 aliphatic heterocycles. The summed E-state index contributed by atoms with van der Waals surface area (Å²) < 4.78 is 12.6. The van der Waals surface area contributed by atoms with Gasteiger partial charge in [0.2, 0.25) is 0 Å². The summed E-state index contributed by atoms with van der Waals surface area (Å²) in [6.45, 7) is 1.62. The summed E-state index contributed by atoms with van der Waals surface area (Å²) in [6, 6.07) is 0. The van der Waals surface area contributed by atoms with E-state index in [2.05, 4.69) is 0 Å². The summed E-state index contributed by atoms with van der Waals surface area (Å²) in [6.07, 6.45) is 1.25. The van der Waals surface area contributed by atoms with E-state index in [4.69, 9.17) is 10.7 Å². The van der Waals surface area contributed by atoms with Crippen LogP contribution in [0.1, 0.15) is 19.8 Å². The van der Waals surface area contributed by atoms with Gasteiger partial charge in [-0.05, 0) is 30.4 Å². The summed E-state index contributed by atoms with van der Waals surface area (Å²) in [7, 11) is 6.63. The van der Waals surface area contributed by atoms with Gasteiger partial charge in [0.1, 0.15) is 5.67 Å². The van der Waals surface area contributed by atoms with Gasteiger partial charge in [-0.15, -0.1) is 0 Å². The summed E-state index contributed by atoms with van der Waals surface area (Å²) >= 11 is 0. The molecule has 1 fully saturated rings. The van der Waals surface area contributed by atoms with E-state index in [1.165, 1.54) is 11.0 Å². The normalized spacial score (nSPS) is 46.1. The molecule has 0 aromatic rings. The van der Waals surface area contributed by atoms with Gasteiger partial charge in [0, 0.05) is 5.25 Å². The molecule has 0 bridgehead atoms. The van der Waals surface area contributed by atoms with E-state index in [0.29, 0.717) is 18.1 Å². The number of hydrogen-bond donors (Lipinski definition) is 0. The Bertz CT molecular complexity index is 86.4. The summed E-state index contributed by atoms with van der Waals surface area (Å²) in [5, 5.41) is 0.367. The average Bonchev–Trinajstić information content (AvgIpc) is 1.60. The predicted octanol–water partition coefficient (Wildman–Crippen LogP) is 2.76. The van der Waals surface area contributed by atoms with E-state index in [0.717, 1.165) is 0 Å². The Morgan fingerprint density at radius 3 is 2.38 bits per heavy atom. The molecule has 1 aliphatic carbocycles. The molecule has 0 aromatic heterocycles. The monoisotopic (exact) mass is 154 g/mol. The van der Waals surface area contributed by atoms with E-state index in [1.54, 1.807) is 6.92 Å². The molecule has 0 spiro atoms. The molecular weight excluding hydrogens is 147 g/mol. The highest BCUT2D eigenvalue weighted by atomic mass is 35.7. The minimum Gasteiger partial charge on any atom is -0.244 e. The van der Waals surface area contributed by atoms with Crippen LogP contribution in [-0.2, 0) is 0 Å². The predicted molar refractivity (Wildman–Crippen MR) is 36.0 cm³/mol. The molecule has 1 rings (SSSR count). The molecule has 48 valence electrons. The van der Waals surface area contributed by atoms with E-state index in [1.807, 2.05) is 0 Å². The third-order valence-corrected chi connectivity index (χ3v) is 2.77. The maximum absolute atomic E-state index is 12.6. The molecule has 0 N–H and O–H groups in total. The molecule has 8 heavy (non-hydrogen) atoms. The van der Waals surface area contributed by atoms with Gasteiger partial charge in [0.05, 0.1) is 0 Å². The van der Waals surface area contributed by atoms with Crippen LogP contribution in [0.2, 0.25) is 0 Å². The molecule has 1 aliphatic rings. The Kier molecular flexibility index (Phi) is 1.73. The maximum atomic E-state index is 12.6. The molecule has 0 nitrogen and oxygen atoms in total. The first kappa shape index (κ1) is 6.69.